The monoisotopic (exact) mass is 461 g/mol. The predicted molar refractivity (Wildman–Crippen MR) is 141 cm³/mol. The van der Waals surface area contributed by atoms with Crippen molar-refractivity contribution in [1.82, 2.24) is 0 Å². The minimum atomic E-state index is -4.42. The van der Waals surface area contributed by atoms with E-state index in [1.807, 2.05) is 43.4 Å². The topological polar surface area (TPSA) is 3.24 Å². The van der Waals surface area contributed by atoms with Gasteiger partial charge in [0.25, 0.3) is 0 Å². The molecule has 7 rings (SSSR count). The Morgan fingerprint density at radius 2 is 1.34 bits per heavy atom. The van der Waals surface area contributed by atoms with Crippen molar-refractivity contribution in [3.63, 3.8) is 0 Å². The lowest BCUT2D eigenvalue weighted by molar-refractivity contribution is -0.136. The maximum atomic E-state index is 14.0. The highest BCUT2D eigenvalue weighted by molar-refractivity contribution is 6.98. The molecule has 0 aliphatic carbocycles. The third-order valence-electron chi connectivity index (χ3n) is 7.49. The first kappa shape index (κ1) is 20.4. The fraction of sp³-hybridized carbons (Fsp3) is 0.0667. The van der Waals surface area contributed by atoms with Gasteiger partial charge in [-0.3, -0.25) is 0 Å². The molecule has 0 N–H and O–H groups in total. The van der Waals surface area contributed by atoms with E-state index in [2.05, 4.69) is 47.4 Å². The largest absolute Gasteiger partial charge is 0.417 e. The lowest BCUT2D eigenvalue weighted by atomic mass is 9.36. The number of alkyl halides is 3. The van der Waals surface area contributed by atoms with Crippen molar-refractivity contribution in [2.75, 3.05) is 11.9 Å². The minimum Gasteiger partial charge on any atom is -0.345 e. The summed E-state index contributed by atoms with van der Waals surface area (Å²) in [6.45, 7) is -0.0487. The molecule has 0 amide bonds. The third-order valence-corrected chi connectivity index (χ3v) is 7.49. The van der Waals surface area contributed by atoms with Gasteiger partial charge in [0.15, 0.2) is 0 Å². The number of benzene rings is 6. The molecule has 1 aliphatic rings. The number of rotatable bonds is 1. The first-order valence-electron chi connectivity index (χ1n) is 11.6. The number of para-hydroxylation sites is 1. The smallest absolute Gasteiger partial charge is 0.345 e. The van der Waals surface area contributed by atoms with Gasteiger partial charge in [-0.15, -0.1) is 0 Å². The van der Waals surface area contributed by atoms with Crippen molar-refractivity contribution in [3.8, 4) is 0 Å². The van der Waals surface area contributed by atoms with Crippen LogP contribution in [-0.2, 0) is 6.18 Å². The Balaban J connectivity index is 1.71. The van der Waals surface area contributed by atoms with Gasteiger partial charge in [-0.05, 0) is 50.6 Å². The van der Waals surface area contributed by atoms with E-state index >= 15 is 0 Å². The summed E-state index contributed by atoms with van der Waals surface area (Å²) in [5, 5.41) is 4.65. The van der Waals surface area contributed by atoms with Gasteiger partial charge in [0.05, 0.1) is 5.56 Å². The summed E-state index contributed by atoms with van der Waals surface area (Å²) >= 11 is 0. The molecule has 1 nitrogen and oxygen atoms in total. The minimum absolute atomic E-state index is 0.0487. The standard InChI is InChI=1S/C30H19BF3N/c1-35-25-10-6-5-9-23(25)31(20-7-3-2-4-8-20)24-17-19-12-15-22(30(32,33)34)21-14-11-18-13-16-26(35)29(24)28(18)27(19)21/h2-17H,1H3. The van der Waals surface area contributed by atoms with Gasteiger partial charge in [0.1, 0.15) is 0 Å². The molecule has 0 atom stereocenters. The Labute approximate surface area is 200 Å². The Morgan fingerprint density at radius 1 is 0.629 bits per heavy atom. The third kappa shape index (κ3) is 2.78. The highest BCUT2D eigenvalue weighted by atomic mass is 19.4. The van der Waals surface area contributed by atoms with E-state index in [1.54, 1.807) is 12.1 Å². The molecule has 1 aliphatic heterocycles. The van der Waals surface area contributed by atoms with E-state index in [1.165, 1.54) is 11.5 Å². The van der Waals surface area contributed by atoms with Crippen molar-refractivity contribution in [3.05, 3.63) is 103 Å². The van der Waals surface area contributed by atoms with E-state index < -0.39 is 11.7 Å². The summed E-state index contributed by atoms with van der Waals surface area (Å²) in [5.41, 5.74) is 4.97. The number of halogens is 3. The summed E-state index contributed by atoms with van der Waals surface area (Å²) in [4.78, 5) is 2.18. The Hall–Kier alpha value is -3.99. The molecule has 5 heteroatoms. The molecule has 0 unspecified atom stereocenters. The summed E-state index contributed by atoms with van der Waals surface area (Å²) < 4.78 is 41.9. The fourth-order valence-electron chi connectivity index (χ4n) is 6.02. The Morgan fingerprint density at radius 3 is 2.14 bits per heavy atom. The van der Waals surface area contributed by atoms with Crippen LogP contribution < -0.4 is 21.3 Å². The molecule has 0 radical (unpaired) electrons. The molecule has 0 spiro atoms. The molecule has 168 valence electrons. The van der Waals surface area contributed by atoms with Crippen molar-refractivity contribution in [2.45, 2.75) is 6.18 Å². The molecular weight excluding hydrogens is 442 g/mol. The van der Waals surface area contributed by atoms with Crippen LogP contribution in [0.15, 0.2) is 97.1 Å². The van der Waals surface area contributed by atoms with E-state index in [0.717, 1.165) is 43.8 Å². The van der Waals surface area contributed by atoms with Crippen LogP contribution in [0.4, 0.5) is 24.5 Å². The van der Waals surface area contributed by atoms with Gasteiger partial charge in [0.2, 0.25) is 6.71 Å². The average Bonchev–Trinajstić information content (AvgIpc) is 2.97. The van der Waals surface area contributed by atoms with E-state index in [-0.39, 0.29) is 12.1 Å². The van der Waals surface area contributed by atoms with Crippen molar-refractivity contribution >= 4 is 66.8 Å². The van der Waals surface area contributed by atoms with Crippen LogP contribution >= 0.6 is 0 Å². The Kier molecular flexibility index (Phi) is 4.09. The van der Waals surface area contributed by atoms with Crippen molar-refractivity contribution < 1.29 is 13.2 Å². The maximum Gasteiger partial charge on any atom is 0.417 e. The molecule has 0 aromatic heterocycles. The number of anilines is 2. The second kappa shape index (κ2) is 7.02. The number of hydrogen-bond donors (Lipinski definition) is 0. The summed E-state index contributed by atoms with van der Waals surface area (Å²) in [6, 6.07) is 31.3. The molecule has 6 aromatic carbocycles. The highest BCUT2D eigenvalue weighted by Crippen LogP contribution is 2.44. The molecule has 35 heavy (non-hydrogen) atoms. The molecule has 0 fully saturated rings. The number of fused-ring (bicyclic) bond motifs is 1. The normalized spacial score (nSPS) is 13.6. The van der Waals surface area contributed by atoms with Gasteiger partial charge in [-0.25, -0.2) is 0 Å². The lowest BCUT2D eigenvalue weighted by Crippen LogP contribution is -2.52. The van der Waals surface area contributed by atoms with Crippen LogP contribution in [0.5, 0.6) is 0 Å². The molecule has 0 saturated heterocycles. The first-order valence-corrected chi connectivity index (χ1v) is 11.6. The van der Waals surface area contributed by atoms with Gasteiger partial charge >= 0.3 is 6.18 Å². The lowest BCUT2D eigenvalue weighted by Gasteiger charge is -2.23. The van der Waals surface area contributed by atoms with Crippen molar-refractivity contribution in [1.29, 1.82) is 0 Å². The predicted octanol–water partition coefficient (Wildman–Crippen LogP) is 6.20. The van der Waals surface area contributed by atoms with Crippen LogP contribution in [0, 0.1) is 0 Å². The summed E-state index contributed by atoms with van der Waals surface area (Å²) in [6.07, 6.45) is -4.42. The van der Waals surface area contributed by atoms with Crippen LogP contribution in [0.1, 0.15) is 5.56 Å². The maximum absolute atomic E-state index is 14.0. The molecule has 1 heterocycles. The zero-order chi connectivity index (χ0) is 23.9. The quantitative estimate of drug-likeness (QED) is 0.208. The van der Waals surface area contributed by atoms with Crippen LogP contribution in [0.2, 0.25) is 0 Å². The number of hydrogen-bond acceptors (Lipinski definition) is 1. The van der Waals surface area contributed by atoms with Gasteiger partial charge in [0, 0.05) is 23.8 Å². The summed E-state index contributed by atoms with van der Waals surface area (Å²) in [7, 11) is 2.04. The van der Waals surface area contributed by atoms with Crippen LogP contribution in [0.3, 0.4) is 0 Å². The highest BCUT2D eigenvalue weighted by Gasteiger charge is 2.36. The SMILES string of the molecule is CN1c2ccccc2B(c2ccccc2)c2cc3ccc(C(F)(F)F)c4ccc5ccc1c2c5c34. The summed E-state index contributed by atoms with van der Waals surface area (Å²) in [5.74, 6) is 0. The molecule has 6 aromatic rings. The zero-order valence-corrected chi connectivity index (χ0v) is 18.9. The number of nitrogens with zero attached hydrogens (tertiary/aromatic N) is 1. The van der Waals surface area contributed by atoms with E-state index in [4.69, 9.17) is 0 Å². The van der Waals surface area contributed by atoms with Gasteiger partial charge in [-0.2, -0.15) is 13.2 Å². The van der Waals surface area contributed by atoms with Crippen LogP contribution in [0.25, 0.3) is 32.3 Å². The van der Waals surface area contributed by atoms with Gasteiger partial charge in [-0.1, -0.05) is 89.8 Å². The van der Waals surface area contributed by atoms with E-state index in [0.29, 0.717) is 5.39 Å². The van der Waals surface area contributed by atoms with Crippen molar-refractivity contribution in [2.24, 2.45) is 0 Å². The zero-order valence-electron chi connectivity index (χ0n) is 18.9. The van der Waals surface area contributed by atoms with Gasteiger partial charge < -0.3 is 4.90 Å². The first-order chi connectivity index (χ1) is 16.9. The molecular formula is C30H19BF3N. The second-order valence-electron chi connectivity index (χ2n) is 9.31. The second-order valence-corrected chi connectivity index (χ2v) is 9.31. The molecule has 0 bridgehead atoms. The Bertz CT molecular complexity index is 1760. The average molecular weight is 461 g/mol. The fourth-order valence-corrected chi connectivity index (χ4v) is 6.02. The van der Waals surface area contributed by atoms with E-state index in [9.17, 15) is 13.2 Å². The van der Waals surface area contributed by atoms with Crippen LogP contribution in [-0.4, -0.2) is 13.8 Å². The molecule has 0 saturated carbocycles.